The lowest BCUT2D eigenvalue weighted by molar-refractivity contribution is -0.0521. The van der Waals surface area contributed by atoms with Crippen molar-refractivity contribution in [1.29, 1.82) is 0 Å². The topological polar surface area (TPSA) is 67.5 Å². The quantitative estimate of drug-likeness (QED) is 0.566. The molecule has 0 rings (SSSR count). The molecule has 4 nitrogen and oxygen atoms in total. The van der Waals surface area contributed by atoms with E-state index in [1.807, 2.05) is 27.7 Å². The van der Waals surface area contributed by atoms with Crippen LogP contribution in [0, 0.1) is 11.8 Å². The summed E-state index contributed by atoms with van der Waals surface area (Å²) in [4.78, 5) is 0. The van der Waals surface area contributed by atoms with E-state index in [4.69, 9.17) is 15.6 Å². The first kappa shape index (κ1) is 31.6. The van der Waals surface area contributed by atoms with Gasteiger partial charge in [0, 0.05) is 12.6 Å². The molecule has 0 aromatic carbocycles. The van der Waals surface area contributed by atoms with Gasteiger partial charge in [0.1, 0.15) is 0 Å². The summed E-state index contributed by atoms with van der Waals surface area (Å²) in [5, 5.41) is 12.1. The second kappa shape index (κ2) is 22.8. The maximum absolute atomic E-state index is 8.86. The predicted molar refractivity (Wildman–Crippen MR) is 111 cm³/mol. The summed E-state index contributed by atoms with van der Waals surface area (Å²) in [5.74, 6) is 1.61. The van der Waals surface area contributed by atoms with E-state index in [9.17, 15) is 0 Å². The van der Waals surface area contributed by atoms with Crippen LogP contribution < -0.4 is 11.1 Å². The van der Waals surface area contributed by atoms with Crippen LogP contribution >= 0.6 is 0 Å². The molecule has 0 aromatic heterocycles. The number of nitrogens with two attached hydrogens (primary N) is 1. The summed E-state index contributed by atoms with van der Waals surface area (Å²) < 4.78 is 5.42. The van der Waals surface area contributed by atoms with Gasteiger partial charge in [0.25, 0.3) is 0 Å². The van der Waals surface area contributed by atoms with Crippen molar-refractivity contribution >= 4 is 0 Å². The Morgan fingerprint density at radius 3 is 1.62 bits per heavy atom. The van der Waals surface area contributed by atoms with Crippen LogP contribution in [0.1, 0.15) is 82.6 Å². The highest BCUT2D eigenvalue weighted by molar-refractivity contribution is 4.66. The molecule has 0 saturated heterocycles. The van der Waals surface area contributed by atoms with Crippen molar-refractivity contribution in [3.8, 4) is 0 Å². The van der Waals surface area contributed by atoms with E-state index in [1.165, 1.54) is 0 Å². The lowest BCUT2D eigenvalue weighted by atomic mass is 10.1. The molecule has 0 aliphatic rings. The highest BCUT2D eigenvalue weighted by Crippen LogP contribution is 2.05. The fraction of sp³-hybridized carbons (Fsp3) is 1.00. The van der Waals surface area contributed by atoms with Gasteiger partial charge in [-0.15, -0.1) is 0 Å². The van der Waals surface area contributed by atoms with Gasteiger partial charge < -0.3 is 20.9 Å². The Kier molecular flexibility index (Phi) is 30.1. The highest BCUT2D eigenvalue weighted by atomic mass is 16.5. The zero-order chi connectivity index (χ0) is 20.2. The number of aliphatic hydroxyl groups excluding tert-OH is 1. The Hall–Kier alpha value is -0.160. The zero-order valence-electron chi connectivity index (χ0n) is 18.7. The molecule has 0 spiro atoms. The van der Waals surface area contributed by atoms with E-state index in [1.54, 1.807) is 0 Å². The molecule has 0 unspecified atom stereocenters. The van der Waals surface area contributed by atoms with Gasteiger partial charge in [-0.3, -0.25) is 0 Å². The van der Waals surface area contributed by atoms with Crippen LogP contribution in [0.25, 0.3) is 0 Å². The highest BCUT2D eigenvalue weighted by Gasteiger charge is 2.15. The predicted octanol–water partition coefficient (Wildman–Crippen LogP) is 4.45. The molecular weight excluding hydrogens is 300 g/mol. The van der Waals surface area contributed by atoms with Crippen molar-refractivity contribution in [1.82, 2.24) is 5.32 Å². The number of nitrogens with one attached hydrogen (secondary N) is 1. The van der Waals surface area contributed by atoms with Crippen LogP contribution in [-0.2, 0) is 4.74 Å². The van der Waals surface area contributed by atoms with Crippen molar-refractivity contribution in [3.63, 3.8) is 0 Å². The van der Waals surface area contributed by atoms with Gasteiger partial charge in [-0.05, 0) is 38.6 Å². The van der Waals surface area contributed by atoms with Gasteiger partial charge in [-0.2, -0.15) is 0 Å². The Labute approximate surface area is 153 Å². The third kappa shape index (κ3) is 49.5. The Morgan fingerprint density at radius 2 is 1.42 bits per heavy atom. The van der Waals surface area contributed by atoms with Gasteiger partial charge in [-0.1, -0.05) is 62.3 Å². The average Bonchev–Trinajstić information content (AvgIpc) is 2.45. The van der Waals surface area contributed by atoms with E-state index in [-0.39, 0.29) is 6.61 Å². The van der Waals surface area contributed by atoms with Crippen LogP contribution in [0.15, 0.2) is 0 Å². The van der Waals surface area contributed by atoms with Crippen LogP contribution in [-0.4, -0.2) is 43.1 Å². The first-order valence-corrected chi connectivity index (χ1v) is 9.66. The molecule has 0 aromatic rings. The Bertz CT molecular complexity index is 203. The first-order chi connectivity index (χ1) is 11.0. The van der Waals surface area contributed by atoms with Gasteiger partial charge in [0.2, 0.25) is 0 Å². The third-order valence-corrected chi connectivity index (χ3v) is 2.27. The average molecular weight is 351 g/mol. The smallest absolute Gasteiger partial charge is 0.0856 e. The number of hydrogen-bond donors (Lipinski definition) is 3. The SMILES string of the molecule is CC.CC(C)C.CC(C)CCN.CC(C)NCCOC(C)(C)CO. The minimum absolute atomic E-state index is 0.0642. The molecule has 24 heavy (non-hydrogen) atoms. The normalized spacial score (nSPS) is 10.5. The van der Waals surface area contributed by atoms with Crippen LogP contribution in [0.4, 0.5) is 0 Å². The third-order valence-electron chi connectivity index (χ3n) is 2.27. The fourth-order valence-corrected chi connectivity index (χ4v) is 1.05. The zero-order valence-corrected chi connectivity index (χ0v) is 18.7. The Morgan fingerprint density at radius 1 is 1.00 bits per heavy atom. The van der Waals surface area contributed by atoms with Crippen molar-refractivity contribution in [2.45, 2.75) is 94.2 Å². The second-order valence-electron chi connectivity index (χ2n) is 7.58. The van der Waals surface area contributed by atoms with E-state index in [0.717, 1.165) is 31.3 Å². The lowest BCUT2D eigenvalue weighted by Gasteiger charge is -2.22. The van der Waals surface area contributed by atoms with Crippen LogP contribution in [0.3, 0.4) is 0 Å². The first-order valence-electron chi connectivity index (χ1n) is 9.66. The summed E-state index contributed by atoms with van der Waals surface area (Å²) in [6.07, 6.45) is 1.15. The molecule has 4 N–H and O–H groups in total. The largest absolute Gasteiger partial charge is 0.393 e. The maximum atomic E-state index is 8.86. The molecule has 152 valence electrons. The summed E-state index contributed by atoms with van der Waals surface area (Å²) in [5.41, 5.74) is 4.83. The number of ether oxygens (including phenoxy) is 1. The van der Waals surface area contributed by atoms with E-state index in [0.29, 0.717) is 12.6 Å². The summed E-state index contributed by atoms with van der Waals surface area (Å²) in [6, 6.07) is 0.492. The fourth-order valence-electron chi connectivity index (χ4n) is 1.05. The van der Waals surface area contributed by atoms with Crippen molar-refractivity contribution in [2.24, 2.45) is 17.6 Å². The number of aliphatic hydroxyl groups is 1. The monoisotopic (exact) mass is 350 g/mol. The molecule has 0 amide bonds. The standard InChI is InChI=1S/C9H21NO2.C5H13N.C4H10.C2H6/c1-8(2)10-5-6-12-9(3,4)7-11;1-5(2)3-4-6;1-4(2)3;1-2/h8,10-11H,5-7H2,1-4H3;5H,3-4,6H2,1-2H3;4H,1-3H3;1-2H3. The molecule has 0 fully saturated rings. The molecule has 0 aliphatic carbocycles. The van der Waals surface area contributed by atoms with E-state index < -0.39 is 5.60 Å². The molecule has 0 saturated carbocycles. The summed E-state index contributed by atoms with van der Waals surface area (Å²) in [6.45, 7) is 25.2. The van der Waals surface area contributed by atoms with E-state index >= 15 is 0 Å². The van der Waals surface area contributed by atoms with Crippen LogP contribution in [0.2, 0.25) is 0 Å². The van der Waals surface area contributed by atoms with Crippen molar-refractivity contribution < 1.29 is 9.84 Å². The summed E-state index contributed by atoms with van der Waals surface area (Å²) >= 11 is 0. The molecular formula is C20H50N2O2. The van der Waals surface area contributed by atoms with Gasteiger partial charge >= 0.3 is 0 Å². The minimum atomic E-state index is -0.404. The van der Waals surface area contributed by atoms with Gasteiger partial charge in [-0.25, -0.2) is 0 Å². The number of rotatable bonds is 8. The van der Waals surface area contributed by atoms with Crippen molar-refractivity contribution in [3.05, 3.63) is 0 Å². The van der Waals surface area contributed by atoms with Crippen LogP contribution in [0.5, 0.6) is 0 Å². The molecule has 0 heterocycles. The summed E-state index contributed by atoms with van der Waals surface area (Å²) in [7, 11) is 0. The molecule has 0 radical (unpaired) electrons. The number of hydrogen-bond acceptors (Lipinski definition) is 4. The molecule has 0 bridgehead atoms. The van der Waals surface area contributed by atoms with Crippen molar-refractivity contribution in [2.75, 3.05) is 26.3 Å². The minimum Gasteiger partial charge on any atom is -0.393 e. The molecule has 0 atom stereocenters. The van der Waals surface area contributed by atoms with E-state index in [2.05, 4.69) is 53.8 Å². The van der Waals surface area contributed by atoms with Gasteiger partial charge in [0.15, 0.2) is 0 Å². The molecule has 0 aliphatic heterocycles. The van der Waals surface area contributed by atoms with Gasteiger partial charge in [0.05, 0.1) is 18.8 Å². The Balaban J connectivity index is -0.000000139. The second-order valence-corrected chi connectivity index (χ2v) is 7.58. The maximum Gasteiger partial charge on any atom is 0.0856 e. The lowest BCUT2D eigenvalue weighted by Crippen LogP contribution is -2.34. The molecule has 4 heteroatoms.